The van der Waals surface area contributed by atoms with Crippen LogP contribution in [0.4, 0.5) is 4.39 Å². The smallest absolute Gasteiger partial charge is 0.175 e. The fourth-order valence-corrected chi connectivity index (χ4v) is 3.80. The topological polar surface area (TPSA) is 37.4 Å². The first-order chi connectivity index (χ1) is 11.9. The van der Waals surface area contributed by atoms with Gasteiger partial charge in [-0.05, 0) is 48.1 Å². The van der Waals surface area contributed by atoms with E-state index in [-0.39, 0.29) is 0 Å². The third-order valence-electron chi connectivity index (χ3n) is 4.80. The van der Waals surface area contributed by atoms with Gasteiger partial charge in [0.1, 0.15) is 6.17 Å². The van der Waals surface area contributed by atoms with Crippen LogP contribution in [0.3, 0.4) is 0 Å². The number of benzene rings is 2. The zero-order valence-corrected chi connectivity index (χ0v) is 15.3. The first-order valence-corrected chi connectivity index (χ1v) is 10.6. The molecule has 0 aliphatic carbocycles. The Morgan fingerprint density at radius 3 is 2.00 bits per heavy atom. The minimum Gasteiger partial charge on any atom is -0.303 e. The number of hydrogen-bond acceptors (Lipinski definition) is 3. The lowest BCUT2D eigenvalue weighted by Crippen LogP contribution is -2.35. The number of halogens is 1. The van der Waals surface area contributed by atoms with E-state index in [0.29, 0.717) is 17.7 Å². The number of nitrogens with zero attached hydrogens (tertiary/aromatic N) is 1. The molecule has 0 radical (unpaired) electrons. The quantitative estimate of drug-likeness (QED) is 0.814. The van der Waals surface area contributed by atoms with E-state index in [4.69, 9.17) is 0 Å². The van der Waals surface area contributed by atoms with Crippen molar-refractivity contribution in [1.82, 2.24) is 4.90 Å². The van der Waals surface area contributed by atoms with Crippen molar-refractivity contribution in [3.8, 4) is 11.1 Å². The second-order valence-corrected chi connectivity index (χ2v) is 8.78. The summed E-state index contributed by atoms with van der Waals surface area (Å²) in [6.07, 6.45) is 2.87. The zero-order chi connectivity index (χ0) is 17.9. The lowest BCUT2D eigenvalue weighted by Gasteiger charge is -2.28. The summed E-state index contributed by atoms with van der Waals surface area (Å²) in [4.78, 5) is 2.67. The van der Waals surface area contributed by atoms with Crippen molar-refractivity contribution < 1.29 is 12.8 Å². The Morgan fingerprint density at radius 1 is 0.960 bits per heavy atom. The summed E-state index contributed by atoms with van der Waals surface area (Å²) in [5.41, 5.74) is 3.34. The predicted octanol–water partition coefficient (Wildman–Crippen LogP) is 3.73. The van der Waals surface area contributed by atoms with Gasteiger partial charge in [0.2, 0.25) is 0 Å². The molecule has 0 amide bonds. The first kappa shape index (κ1) is 18.1. The second kappa shape index (κ2) is 7.67. The van der Waals surface area contributed by atoms with Gasteiger partial charge in [0.05, 0.1) is 4.90 Å². The third kappa shape index (κ3) is 4.89. The highest BCUT2D eigenvalue weighted by atomic mass is 32.2. The number of hydrogen-bond donors (Lipinski definition) is 0. The van der Waals surface area contributed by atoms with Crippen molar-refractivity contribution in [2.45, 2.75) is 30.3 Å². The number of likely N-dealkylation sites (tertiary alicyclic amines) is 1. The van der Waals surface area contributed by atoms with Gasteiger partial charge in [0.15, 0.2) is 9.84 Å². The van der Waals surface area contributed by atoms with Gasteiger partial charge < -0.3 is 4.90 Å². The van der Waals surface area contributed by atoms with Crippen molar-refractivity contribution in [2.24, 2.45) is 0 Å². The molecule has 0 atom stereocenters. The van der Waals surface area contributed by atoms with Gasteiger partial charge in [0, 0.05) is 25.9 Å². The van der Waals surface area contributed by atoms with Crippen molar-refractivity contribution in [1.29, 1.82) is 0 Å². The summed E-state index contributed by atoms with van der Waals surface area (Å²) in [7, 11) is -3.16. The number of sulfone groups is 1. The number of piperidine rings is 1. The van der Waals surface area contributed by atoms with E-state index in [0.717, 1.165) is 37.2 Å². The van der Waals surface area contributed by atoms with E-state index in [1.807, 2.05) is 12.1 Å². The highest BCUT2D eigenvalue weighted by Crippen LogP contribution is 2.22. The van der Waals surface area contributed by atoms with Crippen LogP contribution in [0, 0.1) is 0 Å². The van der Waals surface area contributed by atoms with Crippen LogP contribution >= 0.6 is 0 Å². The van der Waals surface area contributed by atoms with Crippen molar-refractivity contribution in [2.75, 3.05) is 25.9 Å². The van der Waals surface area contributed by atoms with Gasteiger partial charge in [-0.1, -0.05) is 36.4 Å². The molecule has 1 aliphatic heterocycles. The minimum absolute atomic E-state index is 0.338. The Kier molecular flexibility index (Phi) is 5.54. The molecule has 3 rings (SSSR count). The van der Waals surface area contributed by atoms with Crippen LogP contribution in [0.2, 0.25) is 0 Å². The standard InChI is InChI=1S/C20H24FNO2S/c1-25(23,24)20-8-6-18(7-9-20)17-4-2-16(3-5-17)10-13-22-14-11-19(21)12-15-22/h2-9,19H,10-15H2,1H3. The van der Waals surface area contributed by atoms with Gasteiger partial charge in [0.25, 0.3) is 0 Å². The summed E-state index contributed by atoms with van der Waals surface area (Å²) in [6.45, 7) is 2.67. The minimum atomic E-state index is -3.16. The van der Waals surface area contributed by atoms with E-state index >= 15 is 0 Å². The Hall–Kier alpha value is -1.72. The molecule has 0 spiro atoms. The van der Waals surface area contributed by atoms with E-state index < -0.39 is 16.0 Å². The molecule has 1 aliphatic rings. The lowest BCUT2D eigenvalue weighted by atomic mass is 10.0. The van der Waals surface area contributed by atoms with Gasteiger partial charge in [-0.3, -0.25) is 0 Å². The molecule has 0 aromatic heterocycles. The van der Waals surface area contributed by atoms with Gasteiger partial charge in [-0.2, -0.15) is 0 Å². The summed E-state index contributed by atoms with van der Waals surface area (Å²) in [6, 6.07) is 15.3. The summed E-state index contributed by atoms with van der Waals surface area (Å²) < 4.78 is 36.2. The Morgan fingerprint density at radius 2 is 1.48 bits per heavy atom. The molecule has 0 bridgehead atoms. The van der Waals surface area contributed by atoms with Crippen LogP contribution in [-0.4, -0.2) is 45.4 Å². The highest BCUT2D eigenvalue weighted by Gasteiger charge is 2.17. The van der Waals surface area contributed by atoms with Crippen LogP contribution in [-0.2, 0) is 16.3 Å². The second-order valence-electron chi connectivity index (χ2n) is 6.76. The molecule has 3 nitrogen and oxygen atoms in total. The highest BCUT2D eigenvalue weighted by molar-refractivity contribution is 7.90. The largest absolute Gasteiger partial charge is 0.303 e. The molecule has 2 aromatic rings. The van der Waals surface area contributed by atoms with Crippen molar-refractivity contribution in [3.63, 3.8) is 0 Å². The molecule has 0 saturated carbocycles. The fraction of sp³-hybridized carbons (Fsp3) is 0.400. The lowest BCUT2D eigenvalue weighted by molar-refractivity contribution is 0.152. The Balaban J connectivity index is 1.60. The molecule has 2 aromatic carbocycles. The fourth-order valence-electron chi connectivity index (χ4n) is 3.17. The van der Waals surface area contributed by atoms with Crippen molar-refractivity contribution >= 4 is 9.84 Å². The molecular formula is C20H24FNO2S. The number of alkyl halides is 1. The maximum atomic E-state index is 13.2. The monoisotopic (exact) mass is 361 g/mol. The molecule has 0 N–H and O–H groups in total. The van der Waals surface area contributed by atoms with Crippen LogP contribution in [0.25, 0.3) is 11.1 Å². The average Bonchev–Trinajstić information content (AvgIpc) is 2.61. The molecule has 1 saturated heterocycles. The third-order valence-corrected chi connectivity index (χ3v) is 5.93. The van der Waals surface area contributed by atoms with Crippen LogP contribution in [0.1, 0.15) is 18.4 Å². The van der Waals surface area contributed by atoms with Crippen LogP contribution in [0.5, 0.6) is 0 Å². The summed E-state index contributed by atoms with van der Waals surface area (Å²) in [5, 5.41) is 0. The number of rotatable bonds is 5. The van der Waals surface area contributed by atoms with Gasteiger partial charge >= 0.3 is 0 Å². The Bertz CT molecular complexity index is 793. The summed E-state index contributed by atoms with van der Waals surface area (Å²) >= 11 is 0. The SMILES string of the molecule is CS(=O)(=O)c1ccc(-c2ccc(CCN3CCC(F)CC3)cc2)cc1. The molecule has 25 heavy (non-hydrogen) atoms. The van der Waals surface area contributed by atoms with Gasteiger partial charge in [-0.15, -0.1) is 0 Å². The summed E-state index contributed by atoms with van der Waals surface area (Å²) in [5.74, 6) is 0. The molecular weight excluding hydrogens is 337 g/mol. The molecule has 134 valence electrons. The van der Waals surface area contributed by atoms with E-state index in [9.17, 15) is 12.8 Å². The normalized spacial score (nSPS) is 16.9. The van der Waals surface area contributed by atoms with E-state index in [1.165, 1.54) is 11.8 Å². The predicted molar refractivity (Wildman–Crippen MR) is 99.3 cm³/mol. The van der Waals surface area contributed by atoms with Crippen LogP contribution < -0.4 is 0 Å². The molecule has 1 fully saturated rings. The molecule has 5 heteroatoms. The molecule has 0 unspecified atom stereocenters. The van der Waals surface area contributed by atoms with Crippen LogP contribution in [0.15, 0.2) is 53.4 Å². The maximum absolute atomic E-state index is 13.2. The van der Waals surface area contributed by atoms with Gasteiger partial charge in [-0.25, -0.2) is 12.8 Å². The molecule has 1 heterocycles. The zero-order valence-electron chi connectivity index (χ0n) is 14.5. The van der Waals surface area contributed by atoms with E-state index in [2.05, 4.69) is 29.2 Å². The Labute approximate surface area is 149 Å². The van der Waals surface area contributed by atoms with E-state index in [1.54, 1.807) is 12.1 Å². The first-order valence-electron chi connectivity index (χ1n) is 8.68. The van der Waals surface area contributed by atoms with Crippen molar-refractivity contribution in [3.05, 3.63) is 54.1 Å². The average molecular weight is 361 g/mol. The maximum Gasteiger partial charge on any atom is 0.175 e.